The van der Waals surface area contributed by atoms with E-state index in [4.69, 9.17) is 19.3 Å². The Morgan fingerprint density at radius 3 is 2.88 bits per heavy atom. The molecule has 5 heteroatoms. The molecule has 2 aliphatic heterocycles. The lowest BCUT2D eigenvalue weighted by atomic mass is 10.0. The molecule has 0 bridgehead atoms. The van der Waals surface area contributed by atoms with Crippen molar-refractivity contribution in [2.45, 2.75) is 18.6 Å². The second-order valence-corrected chi connectivity index (χ2v) is 4.02. The highest BCUT2D eigenvalue weighted by Gasteiger charge is 2.60. The van der Waals surface area contributed by atoms with Crippen LogP contribution in [0.15, 0.2) is 18.2 Å². The zero-order valence-electron chi connectivity index (χ0n) is 8.60. The van der Waals surface area contributed by atoms with Crippen molar-refractivity contribution < 1.29 is 24.1 Å². The standard InChI is InChI=1S/C11H10O5/c1-11(10(12)13)9(16-11)6-2-3-7-8(4-6)15-5-14-7/h2-4,9H,5H2,1H3,(H,12,13)/t9-,11+/m0/s1. The van der Waals surface area contributed by atoms with Gasteiger partial charge in [0, 0.05) is 0 Å². The Kier molecular flexibility index (Phi) is 1.71. The molecule has 1 saturated heterocycles. The third-order valence-electron chi connectivity index (χ3n) is 2.93. The summed E-state index contributed by atoms with van der Waals surface area (Å²) < 4.78 is 15.6. The van der Waals surface area contributed by atoms with Crippen LogP contribution in [0, 0.1) is 0 Å². The Bertz CT molecular complexity index is 469. The summed E-state index contributed by atoms with van der Waals surface area (Å²) in [7, 11) is 0. The van der Waals surface area contributed by atoms with Crippen LogP contribution in [0.25, 0.3) is 0 Å². The van der Waals surface area contributed by atoms with Gasteiger partial charge in [0.2, 0.25) is 6.79 Å². The maximum Gasteiger partial charge on any atom is 0.338 e. The number of epoxide rings is 1. The molecule has 1 fully saturated rings. The number of carboxylic acids is 1. The van der Waals surface area contributed by atoms with Gasteiger partial charge in [-0.3, -0.25) is 0 Å². The highest BCUT2D eigenvalue weighted by Crippen LogP contribution is 2.51. The van der Waals surface area contributed by atoms with E-state index in [0.717, 1.165) is 5.56 Å². The van der Waals surface area contributed by atoms with Crippen molar-refractivity contribution in [2.75, 3.05) is 6.79 Å². The van der Waals surface area contributed by atoms with Gasteiger partial charge < -0.3 is 19.3 Å². The van der Waals surface area contributed by atoms with Crippen LogP contribution >= 0.6 is 0 Å². The van der Waals surface area contributed by atoms with Crippen LogP contribution in [-0.2, 0) is 9.53 Å². The van der Waals surface area contributed by atoms with Gasteiger partial charge in [-0.25, -0.2) is 4.79 Å². The zero-order chi connectivity index (χ0) is 11.3. The molecule has 3 rings (SSSR count). The maximum atomic E-state index is 10.9. The van der Waals surface area contributed by atoms with Crippen LogP contribution in [0.5, 0.6) is 11.5 Å². The van der Waals surface area contributed by atoms with E-state index < -0.39 is 17.7 Å². The Labute approximate surface area is 91.5 Å². The molecular weight excluding hydrogens is 212 g/mol. The number of fused-ring (bicyclic) bond motifs is 1. The van der Waals surface area contributed by atoms with E-state index in [-0.39, 0.29) is 6.79 Å². The van der Waals surface area contributed by atoms with Crippen molar-refractivity contribution >= 4 is 5.97 Å². The Morgan fingerprint density at radius 1 is 1.44 bits per heavy atom. The van der Waals surface area contributed by atoms with Gasteiger partial charge in [0.1, 0.15) is 6.10 Å². The topological polar surface area (TPSA) is 68.3 Å². The molecule has 0 radical (unpaired) electrons. The predicted octanol–water partition coefficient (Wildman–Crippen LogP) is 1.33. The molecule has 5 nitrogen and oxygen atoms in total. The normalized spacial score (nSPS) is 30.2. The van der Waals surface area contributed by atoms with E-state index in [1.54, 1.807) is 25.1 Å². The molecule has 0 aliphatic carbocycles. The first-order valence-electron chi connectivity index (χ1n) is 4.92. The molecule has 0 unspecified atom stereocenters. The average Bonchev–Trinajstić information content (AvgIpc) is 2.75. The lowest BCUT2D eigenvalue weighted by molar-refractivity contribution is -0.142. The Hall–Kier alpha value is -1.75. The monoisotopic (exact) mass is 222 g/mol. The van der Waals surface area contributed by atoms with E-state index in [0.29, 0.717) is 11.5 Å². The van der Waals surface area contributed by atoms with Gasteiger partial charge in [-0.1, -0.05) is 6.07 Å². The van der Waals surface area contributed by atoms with Gasteiger partial charge in [0.05, 0.1) is 0 Å². The number of aliphatic carboxylic acids is 1. The second kappa shape index (κ2) is 2.89. The van der Waals surface area contributed by atoms with Crippen LogP contribution in [0.3, 0.4) is 0 Å². The van der Waals surface area contributed by atoms with Gasteiger partial charge in [0.15, 0.2) is 17.1 Å². The molecule has 0 saturated carbocycles. The number of carbonyl (C=O) groups is 1. The number of hydrogen-bond acceptors (Lipinski definition) is 4. The molecule has 1 aromatic rings. The molecule has 2 aliphatic rings. The molecule has 1 aromatic carbocycles. The Morgan fingerprint density at radius 2 is 2.19 bits per heavy atom. The predicted molar refractivity (Wildman–Crippen MR) is 52.4 cm³/mol. The smallest absolute Gasteiger partial charge is 0.338 e. The van der Waals surface area contributed by atoms with Crippen LogP contribution < -0.4 is 9.47 Å². The van der Waals surface area contributed by atoms with E-state index in [1.807, 2.05) is 0 Å². The fourth-order valence-corrected chi connectivity index (χ4v) is 1.84. The minimum atomic E-state index is -1.10. The average molecular weight is 222 g/mol. The maximum absolute atomic E-state index is 10.9. The summed E-state index contributed by atoms with van der Waals surface area (Å²) in [4.78, 5) is 10.9. The largest absolute Gasteiger partial charge is 0.479 e. The van der Waals surface area contributed by atoms with Crippen LogP contribution in [0.1, 0.15) is 18.6 Å². The van der Waals surface area contributed by atoms with Crippen molar-refractivity contribution in [3.8, 4) is 11.5 Å². The van der Waals surface area contributed by atoms with Gasteiger partial charge in [-0.2, -0.15) is 0 Å². The lowest BCUT2D eigenvalue weighted by Crippen LogP contribution is -2.20. The van der Waals surface area contributed by atoms with Crippen molar-refractivity contribution in [1.29, 1.82) is 0 Å². The van der Waals surface area contributed by atoms with E-state index in [9.17, 15) is 4.79 Å². The van der Waals surface area contributed by atoms with Crippen LogP contribution in [0.4, 0.5) is 0 Å². The van der Waals surface area contributed by atoms with Crippen molar-refractivity contribution in [2.24, 2.45) is 0 Å². The molecule has 0 amide bonds. The number of rotatable bonds is 2. The van der Waals surface area contributed by atoms with Crippen molar-refractivity contribution in [3.05, 3.63) is 23.8 Å². The zero-order valence-corrected chi connectivity index (χ0v) is 8.60. The number of ether oxygens (including phenoxy) is 3. The summed E-state index contributed by atoms with van der Waals surface area (Å²) in [6, 6.07) is 5.33. The molecule has 1 N–H and O–H groups in total. The van der Waals surface area contributed by atoms with E-state index >= 15 is 0 Å². The fraction of sp³-hybridized carbons (Fsp3) is 0.364. The summed E-state index contributed by atoms with van der Waals surface area (Å²) in [5, 5.41) is 8.96. The van der Waals surface area contributed by atoms with Gasteiger partial charge >= 0.3 is 5.97 Å². The summed E-state index contributed by atoms with van der Waals surface area (Å²) in [6.07, 6.45) is -0.403. The summed E-state index contributed by atoms with van der Waals surface area (Å²) >= 11 is 0. The molecule has 16 heavy (non-hydrogen) atoms. The minimum absolute atomic E-state index is 0.209. The van der Waals surface area contributed by atoms with Crippen LogP contribution in [0.2, 0.25) is 0 Å². The highest BCUT2D eigenvalue weighted by atomic mass is 16.7. The number of hydrogen-bond donors (Lipinski definition) is 1. The van der Waals surface area contributed by atoms with Crippen LogP contribution in [-0.4, -0.2) is 23.5 Å². The first-order valence-corrected chi connectivity index (χ1v) is 4.92. The SMILES string of the molecule is C[C@@]1(C(=O)O)O[C@H]1c1ccc2c(c1)OCO2. The van der Waals surface area contributed by atoms with E-state index in [1.165, 1.54) is 0 Å². The molecule has 2 heterocycles. The number of benzene rings is 1. The third kappa shape index (κ3) is 1.18. The van der Waals surface area contributed by atoms with E-state index in [2.05, 4.69) is 0 Å². The van der Waals surface area contributed by atoms with Crippen molar-refractivity contribution in [3.63, 3.8) is 0 Å². The highest BCUT2D eigenvalue weighted by molar-refractivity contribution is 5.81. The van der Waals surface area contributed by atoms with Crippen molar-refractivity contribution in [1.82, 2.24) is 0 Å². The van der Waals surface area contributed by atoms with Gasteiger partial charge in [-0.05, 0) is 24.6 Å². The second-order valence-electron chi connectivity index (χ2n) is 4.02. The molecule has 2 atom stereocenters. The molecule has 84 valence electrons. The summed E-state index contributed by atoms with van der Waals surface area (Å²) in [5.41, 5.74) is -0.303. The molecule has 0 aromatic heterocycles. The molecule has 0 spiro atoms. The summed E-state index contributed by atoms with van der Waals surface area (Å²) in [5.74, 6) is 0.373. The quantitative estimate of drug-likeness (QED) is 0.764. The number of carboxylic acid groups (broad SMARTS) is 1. The summed E-state index contributed by atoms with van der Waals surface area (Å²) in [6.45, 7) is 1.77. The first kappa shape index (κ1) is 9.47. The molecular formula is C11H10O5. The van der Waals surface area contributed by atoms with Gasteiger partial charge in [-0.15, -0.1) is 0 Å². The van der Waals surface area contributed by atoms with Gasteiger partial charge in [0.25, 0.3) is 0 Å². The lowest BCUT2D eigenvalue weighted by Gasteiger charge is -2.01. The minimum Gasteiger partial charge on any atom is -0.479 e. The third-order valence-corrected chi connectivity index (χ3v) is 2.93. The fourth-order valence-electron chi connectivity index (χ4n) is 1.84. The Balaban J connectivity index is 1.90. The first-order chi connectivity index (χ1) is 7.61.